The summed E-state index contributed by atoms with van der Waals surface area (Å²) < 4.78 is 18.9. The van der Waals surface area contributed by atoms with Gasteiger partial charge in [0.25, 0.3) is 5.91 Å². The Kier molecular flexibility index (Phi) is 4.95. The van der Waals surface area contributed by atoms with Crippen LogP contribution >= 0.6 is 0 Å². The molecule has 1 fully saturated rings. The van der Waals surface area contributed by atoms with Crippen LogP contribution in [-0.4, -0.2) is 30.3 Å². The number of benzene rings is 1. The highest BCUT2D eigenvalue weighted by Crippen LogP contribution is 2.26. The van der Waals surface area contributed by atoms with Gasteiger partial charge in [0.2, 0.25) is 0 Å². The van der Waals surface area contributed by atoms with Crippen molar-refractivity contribution in [3.63, 3.8) is 0 Å². The highest BCUT2D eigenvalue weighted by atomic mass is 19.1. The molecule has 1 aliphatic rings. The van der Waals surface area contributed by atoms with E-state index in [1.54, 1.807) is 6.92 Å². The van der Waals surface area contributed by atoms with E-state index >= 15 is 0 Å². The van der Waals surface area contributed by atoms with Crippen molar-refractivity contribution in [3.05, 3.63) is 29.6 Å². The highest BCUT2D eigenvalue weighted by Gasteiger charge is 2.26. The molecule has 2 unspecified atom stereocenters. The van der Waals surface area contributed by atoms with Gasteiger partial charge in [-0.05, 0) is 31.9 Å². The van der Waals surface area contributed by atoms with Gasteiger partial charge < -0.3 is 15.2 Å². The smallest absolute Gasteiger partial charge is 0.255 e. The molecule has 0 radical (unpaired) electrons. The first kappa shape index (κ1) is 14.8. The van der Waals surface area contributed by atoms with Crippen LogP contribution in [0.3, 0.4) is 0 Å². The normalized spacial score (nSPS) is 21.8. The van der Waals surface area contributed by atoms with E-state index in [-0.39, 0.29) is 29.2 Å². The Morgan fingerprint density at radius 1 is 1.50 bits per heavy atom. The molecule has 0 heterocycles. The fourth-order valence-corrected chi connectivity index (χ4v) is 2.55. The number of hydrogen-bond donors (Lipinski definition) is 2. The van der Waals surface area contributed by atoms with Crippen LogP contribution in [0, 0.1) is 11.7 Å². The molecular weight excluding hydrogens is 261 g/mol. The molecule has 0 saturated heterocycles. The van der Waals surface area contributed by atoms with Crippen LogP contribution < -0.4 is 10.1 Å². The van der Waals surface area contributed by atoms with Crippen molar-refractivity contribution in [1.29, 1.82) is 0 Å². The van der Waals surface area contributed by atoms with Gasteiger partial charge in [0.05, 0.1) is 18.3 Å². The molecule has 2 N–H and O–H groups in total. The molecule has 1 aliphatic carbocycles. The molecule has 0 aromatic heterocycles. The van der Waals surface area contributed by atoms with Gasteiger partial charge in [-0.3, -0.25) is 4.79 Å². The molecule has 4 nitrogen and oxygen atoms in total. The van der Waals surface area contributed by atoms with Crippen LogP contribution in [0.4, 0.5) is 4.39 Å². The largest absolute Gasteiger partial charge is 0.490 e. The van der Waals surface area contributed by atoms with E-state index in [2.05, 4.69) is 5.32 Å². The summed E-state index contributed by atoms with van der Waals surface area (Å²) in [4.78, 5) is 12.1. The van der Waals surface area contributed by atoms with E-state index in [1.165, 1.54) is 18.2 Å². The number of hydrogen-bond acceptors (Lipinski definition) is 3. The Morgan fingerprint density at radius 3 is 2.95 bits per heavy atom. The Labute approximate surface area is 117 Å². The van der Waals surface area contributed by atoms with Crippen molar-refractivity contribution < 1.29 is 19.0 Å². The molecule has 1 saturated carbocycles. The molecule has 0 spiro atoms. The summed E-state index contributed by atoms with van der Waals surface area (Å²) in [5.41, 5.74) is 0.194. The van der Waals surface area contributed by atoms with E-state index < -0.39 is 5.82 Å². The van der Waals surface area contributed by atoms with Crippen LogP contribution in [0.5, 0.6) is 5.75 Å². The minimum Gasteiger partial charge on any atom is -0.490 e. The van der Waals surface area contributed by atoms with E-state index in [4.69, 9.17) is 4.74 Å². The lowest BCUT2D eigenvalue weighted by atomic mass is 10.1. The van der Waals surface area contributed by atoms with Gasteiger partial charge >= 0.3 is 0 Å². The fourth-order valence-electron chi connectivity index (χ4n) is 2.55. The molecule has 1 aromatic rings. The zero-order valence-electron chi connectivity index (χ0n) is 11.6. The maximum atomic E-state index is 13.7. The number of amides is 1. The van der Waals surface area contributed by atoms with E-state index in [0.717, 1.165) is 19.3 Å². The molecule has 2 atom stereocenters. The van der Waals surface area contributed by atoms with Crippen molar-refractivity contribution in [2.24, 2.45) is 5.92 Å². The third-order valence-electron chi connectivity index (χ3n) is 3.64. The minimum atomic E-state index is -0.541. The summed E-state index contributed by atoms with van der Waals surface area (Å²) in [5.74, 6) is -0.838. The van der Waals surface area contributed by atoms with E-state index in [9.17, 15) is 14.3 Å². The van der Waals surface area contributed by atoms with Crippen LogP contribution in [0.25, 0.3) is 0 Å². The first-order chi connectivity index (χ1) is 9.63. The molecule has 110 valence electrons. The lowest BCUT2D eigenvalue weighted by molar-refractivity contribution is 0.0912. The van der Waals surface area contributed by atoms with Gasteiger partial charge in [0.15, 0.2) is 11.6 Å². The predicted octanol–water partition coefficient (Wildman–Crippen LogP) is 2.12. The van der Waals surface area contributed by atoms with Gasteiger partial charge in [-0.15, -0.1) is 0 Å². The van der Waals surface area contributed by atoms with E-state index in [1.807, 2.05) is 0 Å². The molecule has 5 heteroatoms. The number of para-hydroxylation sites is 1. The number of ether oxygens (including phenoxy) is 1. The van der Waals surface area contributed by atoms with Gasteiger partial charge in [0, 0.05) is 12.5 Å². The van der Waals surface area contributed by atoms with Gasteiger partial charge in [-0.1, -0.05) is 12.5 Å². The second-order valence-electron chi connectivity index (χ2n) is 5.02. The Morgan fingerprint density at radius 2 is 2.30 bits per heavy atom. The summed E-state index contributed by atoms with van der Waals surface area (Å²) in [6.45, 7) is 2.44. The second kappa shape index (κ2) is 6.70. The van der Waals surface area contributed by atoms with Crippen LogP contribution in [-0.2, 0) is 0 Å². The monoisotopic (exact) mass is 281 g/mol. The quantitative estimate of drug-likeness (QED) is 0.869. The van der Waals surface area contributed by atoms with Crippen LogP contribution in [0.1, 0.15) is 36.5 Å². The van der Waals surface area contributed by atoms with Crippen molar-refractivity contribution in [2.75, 3.05) is 13.2 Å². The van der Waals surface area contributed by atoms with Crippen molar-refractivity contribution in [2.45, 2.75) is 32.3 Å². The van der Waals surface area contributed by atoms with Crippen molar-refractivity contribution >= 4 is 5.91 Å². The SMILES string of the molecule is CCOc1c(F)cccc1C(=O)NCC1CCCC1O. The van der Waals surface area contributed by atoms with Crippen molar-refractivity contribution in [1.82, 2.24) is 5.32 Å². The number of nitrogens with one attached hydrogen (secondary N) is 1. The number of aliphatic hydroxyl groups is 1. The van der Waals surface area contributed by atoms with E-state index in [0.29, 0.717) is 13.2 Å². The molecule has 0 aliphatic heterocycles. The first-order valence-corrected chi connectivity index (χ1v) is 7.01. The van der Waals surface area contributed by atoms with Crippen LogP contribution in [0.2, 0.25) is 0 Å². The topological polar surface area (TPSA) is 58.6 Å². The molecule has 0 bridgehead atoms. The summed E-state index contributed by atoms with van der Waals surface area (Å²) in [7, 11) is 0. The maximum Gasteiger partial charge on any atom is 0.255 e. The Bertz CT molecular complexity index is 478. The Balaban J connectivity index is 2.03. The molecule has 1 amide bonds. The Hall–Kier alpha value is -1.62. The number of carbonyl (C=O) groups is 1. The number of carbonyl (C=O) groups excluding carboxylic acids is 1. The fraction of sp³-hybridized carbons (Fsp3) is 0.533. The third-order valence-corrected chi connectivity index (χ3v) is 3.64. The summed E-state index contributed by atoms with van der Waals surface area (Å²) in [5, 5.41) is 12.5. The first-order valence-electron chi connectivity index (χ1n) is 7.01. The highest BCUT2D eigenvalue weighted by molar-refractivity contribution is 5.97. The molecule has 1 aromatic carbocycles. The third kappa shape index (κ3) is 3.28. The zero-order valence-corrected chi connectivity index (χ0v) is 11.6. The average molecular weight is 281 g/mol. The number of rotatable bonds is 5. The second-order valence-corrected chi connectivity index (χ2v) is 5.02. The van der Waals surface area contributed by atoms with Crippen LogP contribution in [0.15, 0.2) is 18.2 Å². The zero-order chi connectivity index (χ0) is 14.5. The maximum absolute atomic E-state index is 13.7. The summed E-state index contributed by atoms with van der Waals surface area (Å²) in [6.07, 6.45) is 2.31. The van der Waals surface area contributed by atoms with Gasteiger partial charge in [-0.25, -0.2) is 4.39 Å². The number of halogens is 1. The standard InChI is InChI=1S/C15H20FNO3/c1-2-20-14-11(6-4-7-12(14)16)15(19)17-9-10-5-3-8-13(10)18/h4,6-7,10,13,18H,2-3,5,8-9H2,1H3,(H,17,19). The van der Waals surface area contributed by atoms with Gasteiger partial charge in [0.1, 0.15) is 0 Å². The summed E-state index contributed by atoms with van der Waals surface area (Å²) in [6, 6.07) is 4.29. The lowest BCUT2D eigenvalue weighted by Gasteiger charge is -2.16. The van der Waals surface area contributed by atoms with Gasteiger partial charge in [-0.2, -0.15) is 0 Å². The predicted molar refractivity (Wildman–Crippen MR) is 73.3 cm³/mol. The lowest BCUT2D eigenvalue weighted by Crippen LogP contribution is -2.32. The molecular formula is C15H20FNO3. The molecule has 2 rings (SSSR count). The summed E-state index contributed by atoms with van der Waals surface area (Å²) >= 11 is 0. The van der Waals surface area contributed by atoms with Crippen molar-refractivity contribution in [3.8, 4) is 5.75 Å². The molecule has 20 heavy (non-hydrogen) atoms. The minimum absolute atomic E-state index is 0.0144. The average Bonchev–Trinajstić information content (AvgIpc) is 2.84. The number of aliphatic hydroxyl groups excluding tert-OH is 1.